The van der Waals surface area contributed by atoms with Crippen molar-refractivity contribution in [3.8, 4) is 11.8 Å². The molecule has 0 aliphatic carbocycles. The van der Waals surface area contributed by atoms with Crippen LogP contribution in [0.5, 0.6) is 5.75 Å². The molecule has 0 saturated carbocycles. The van der Waals surface area contributed by atoms with E-state index in [9.17, 15) is 0 Å². The highest BCUT2D eigenvalue weighted by Crippen LogP contribution is 2.23. The van der Waals surface area contributed by atoms with Crippen molar-refractivity contribution in [2.24, 2.45) is 0 Å². The molecule has 0 bridgehead atoms. The summed E-state index contributed by atoms with van der Waals surface area (Å²) in [6, 6.07) is 9.33. The van der Waals surface area contributed by atoms with Crippen LogP contribution in [0.1, 0.15) is 32.8 Å². The molecule has 0 unspecified atom stereocenters. The van der Waals surface area contributed by atoms with Gasteiger partial charge in [0, 0.05) is 4.75 Å². The number of nitriles is 1. The van der Waals surface area contributed by atoms with E-state index in [0.29, 0.717) is 10.3 Å². The molecule has 0 heterocycles. The van der Waals surface area contributed by atoms with E-state index in [1.165, 1.54) is 0 Å². The molecule has 3 heteroatoms. The van der Waals surface area contributed by atoms with Crippen LogP contribution in [0.4, 0.5) is 0 Å². The summed E-state index contributed by atoms with van der Waals surface area (Å²) in [7, 11) is 0. The smallest absolute Gasteiger partial charge is 0.119 e. The minimum absolute atomic E-state index is 0.328. The molecule has 0 aromatic heterocycles. The predicted octanol–water partition coefficient (Wildman–Crippen LogP) is 3.86. The summed E-state index contributed by atoms with van der Waals surface area (Å²) >= 11 is 1.95. The van der Waals surface area contributed by atoms with Gasteiger partial charge in [-0.15, -0.1) is 0 Å². The summed E-state index contributed by atoms with van der Waals surface area (Å²) < 4.78 is 5.93. The quantitative estimate of drug-likeness (QED) is 0.743. The minimum Gasteiger partial charge on any atom is -0.494 e. The van der Waals surface area contributed by atoms with Gasteiger partial charge in [0.25, 0.3) is 0 Å². The van der Waals surface area contributed by atoms with Crippen molar-refractivity contribution in [2.45, 2.75) is 31.9 Å². The van der Waals surface area contributed by atoms with Crippen LogP contribution < -0.4 is 4.74 Å². The summed E-state index contributed by atoms with van der Waals surface area (Å²) in [6.45, 7) is 7.40. The Balaban J connectivity index is 2.20. The Morgan fingerprint density at radius 1 is 1.24 bits per heavy atom. The van der Waals surface area contributed by atoms with Gasteiger partial charge in [0.15, 0.2) is 0 Å². The molecule has 0 atom stereocenters. The van der Waals surface area contributed by atoms with Gasteiger partial charge in [0.05, 0.1) is 18.2 Å². The molecule has 0 spiro atoms. The predicted molar refractivity (Wildman–Crippen MR) is 73.5 cm³/mol. The van der Waals surface area contributed by atoms with Crippen LogP contribution in [0, 0.1) is 11.3 Å². The summed E-state index contributed by atoms with van der Waals surface area (Å²) in [5.74, 6) is 1.95. The van der Waals surface area contributed by atoms with Gasteiger partial charge in [-0.3, -0.25) is 0 Å². The second-order valence-corrected chi connectivity index (χ2v) is 6.72. The second-order valence-electron chi connectivity index (χ2n) is 4.80. The van der Waals surface area contributed by atoms with Crippen LogP contribution in [0.25, 0.3) is 0 Å². The monoisotopic (exact) mass is 249 g/mol. The number of ether oxygens (including phenoxy) is 1. The maximum absolute atomic E-state index is 8.66. The molecule has 0 fully saturated rings. The first kappa shape index (κ1) is 13.9. The Morgan fingerprint density at radius 2 is 1.88 bits per heavy atom. The number of benzene rings is 1. The fourth-order valence-electron chi connectivity index (χ4n) is 1.25. The first-order valence-corrected chi connectivity index (χ1v) is 6.77. The van der Waals surface area contributed by atoms with E-state index in [-0.39, 0.29) is 0 Å². The van der Waals surface area contributed by atoms with Crippen molar-refractivity contribution in [1.82, 2.24) is 0 Å². The Labute approximate surface area is 108 Å². The average Bonchev–Trinajstić information content (AvgIpc) is 2.28. The number of hydrogen-bond donors (Lipinski definition) is 0. The van der Waals surface area contributed by atoms with E-state index in [0.717, 1.165) is 24.5 Å². The molecule has 1 aromatic carbocycles. The van der Waals surface area contributed by atoms with Crippen molar-refractivity contribution in [3.05, 3.63) is 29.8 Å². The van der Waals surface area contributed by atoms with E-state index in [4.69, 9.17) is 10.00 Å². The normalized spacial score (nSPS) is 10.9. The molecule has 0 saturated heterocycles. The minimum atomic E-state index is 0.328. The first-order valence-electron chi connectivity index (χ1n) is 5.78. The molecule has 0 amide bonds. The number of nitrogens with zero attached hydrogens (tertiary/aromatic N) is 1. The molecule has 92 valence electrons. The van der Waals surface area contributed by atoms with Crippen LogP contribution >= 0.6 is 11.8 Å². The van der Waals surface area contributed by atoms with Crippen molar-refractivity contribution < 1.29 is 4.74 Å². The van der Waals surface area contributed by atoms with Gasteiger partial charge in [0.2, 0.25) is 0 Å². The highest BCUT2D eigenvalue weighted by Gasteiger charge is 2.09. The van der Waals surface area contributed by atoms with Gasteiger partial charge >= 0.3 is 0 Å². The number of rotatable bonds is 5. The van der Waals surface area contributed by atoms with E-state index in [1.54, 1.807) is 12.1 Å². The van der Waals surface area contributed by atoms with Crippen LogP contribution in [0.2, 0.25) is 0 Å². The zero-order chi connectivity index (χ0) is 12.7. The molecule has 0 radical (unpaired) electrons. The van der Waals surface area contributed by atoms with Gasteiger partial charge in [-0.25, -0.2) is 0 Å². The van der Waals surface area contributed by atoms with E-state index in [1.807, 2.05) is 23.9 Å². The van der Waals surface area contributed by atoms with Gasteiger partial charge in [-0.1, -0.05) is 20.8 Å². The van der Waals surface area contributed by atoms with Crippen LogP contribution in [0.3, 0.4) is 0 Å². The molecule has 1 rings (SSSR count). The van der Waals surface area contributed by atoms with Crippen LogP contribution in [0.15, 0.2) is 24.3 Å². The average molecular weight is 249 g/mol. The van der Waals surface area contributed by atoms with Gasteiger partial charge in [-0.05, 0) is 36.4 Å². The summed E-state index contributed by atoms with van der Waals surface area (Å²) in [6.07, 6.45) is 1.04. The van der Waals surface area contributed by atoms with Crippen LogP contribution in [-0.2, 0) is 0 Å². The van der Waals surface area contributed by atoms with Crippen molar-refractivity contribution >= 4 is 11.8 Å². The topological polar surface area (TPSA) is 33.0 Å². The molecule has 0 aliphatic heterocycles. The summed E-state index contributed by atoms with van der Waals surface area (Å²) in [4.78, 5) is 0. The SMILES string of the molecule is CC(C)(C)SCCCOc1ccc(C#N)cc1. The third-order valence-electron chi connectivity index (χ3n) is 2.08. The lowest BCUT2D eigenvalue weighted by Gasteiger charge is -2.17. The summed E-state index contributed by atoms with van der Waals surface area (Å²) in [5.41, 5.74) is 0.667. The lowest BCUT2D eigenvalue weighted by Crippen LogP contribution is -2.09. The third-order valence-corrected chi connectivity index (χ3v) is 3.43. The molecule has 2 nitrogen and oxygen atoms in total. The van der Waals surface area contributed by atoms with Gasteiger partial charge in [-0.2, -0.15) is 17.0 Å². The van der Waals surface area contributed by atoms with E-state index in [2.05, 4.69) is 26.8 Å². The second kappa shape index (κ2) is 6.56. The maximum atomic E-state index is 8.66. The van der Waals surface area contributed by atoms with Crippen molar-refractivity contribution in [3.63, 3.8) is 0 Å². The van der Waals surface area contributed by atoms with Gasteiger partial charge in [0.1, 0.15) is 5.75 Å². The van der Waals surface area contributed by atoms with E-state index < -0.39 is 0 Å². The fourth-order valence-corrected chi connectivity index (χ4v) is 2.13. The van der Waals surface area contributed by atoms with E-state index >= 15 is 0 Å². The molecular formula is C14H19NOS. The molecular weight excluding hydrogens is 230 g/mol. The lowest BCUT2D eigenvalue weighted by atomic mass is 10.2. The number of thioether (sulfide) groups is 1. The maximum Gasteiger partial charge on any atom is 0.119 e. The number of hydrogen-bond acceptors (Lipinski definition) is 3. The molecule has 1 aromatic rings. The van der Waals surface area contributed by atoms with Crippen molar-refractivity contribution in [2.75, 3.05) is 12.4 Å². The zero-order valence-corrected chi connectivity index (χ0v) is 11.5. The Morgan fingerprint density at radius 3 is 2.41 bits per heavy atom. The fraction of sp³-hybridized carbons (Fsp3) is 0.500. The molecule has 0 aliphatic rings. The highest BCUT2D eigenvalue weighted by atomic mass is 32.2. The Kier molecular flexibility index (Phi) is 5.37. The Bertz CT molecular complexity index is 373. The third kappa shape index (κ3) is 6.23. The largest absolute Gasteiger partial charge is 0.494 e. The Hall–Kier alpha value is -1.14. The zero-order valence-electron chi connectivity index (χ0n) is 10.7. The van der Waals surface area contributed by atoms with Crippen molar-refractivity contribution in [1.29, 1.82) is 5.26 Å². The first-order chi connectivity index (χ1) is 8.01. The lowest BCUT2D eigenvalue weighted by molar-refractivity contribution is 0.318. The standard InChI is InChI=1S/C14H19NOS/c1-14(2,3)17-10-4-9-16-13-7-5-12(11-15)6-8-13/h5-8H,4,9-10H2,1-3H3. The summed E-state index contributed by atoms with van der Waals surface area (Å²) in [5, 5.41) is 8.66. The highest BCUT2D eigenvalue weighted by molar-refractivity contribution is 8.00. The molecule has 17 heavy (non-hydrogen) atoms. The van der Waals surface area contributed by atoms with Gasteiger partial charge < -0.3 is 4.74 Å². The van der Waals surface area contributed by atoms with Crippen LogP contribution in [-0.4, -0.2) is 17.1 Å². The molecule has 0 N–H and O–H groups in total.